The van der Waals surface area contributed by atoms with Crippen molar-refractivity contribution in [3.05, 3.63) is 0 Å². The number of carbonyl (C=O) groups excluding carboxylic acids is 2. The van der Waals surface area contributed by atoms with Gasteiger partial charge in [-0.3, -0.25) is 9.69 Å². The van der Waals surface area contributed by atoms with E-state index in [2.05, 4.69) is 5.32 Å². The number of urea groups is 1. The van der Waals surface area contributed by atoms with Crippen LogP contribution in [0.15, 0.2) is 0 Å². The molecule has 2 aliphatic rings. The normalized spacial score (nSPS) is 28.0. The highest BCUT2D eigenvalue weighted by Crippen LogP contribution is 2.31. The van der Waals surface area contributed by atoms with Crippen LogP contribution in [-0.2, 0) is 9.53 Å². The van der Waals surface area contributed by atoms with Crippen LogP contribution >= 0.6 is 0 Å². The van der Waals surface area contributed by atoms with Gasteiger partial charge in [-0.25, -0.2) is 4.79 Å². The largest absolute Gasteiger partial charge is 0.380 e. The van der Waals surface area contributed by atoms with Crippen molar-refractivity contribution in [3.63, 3.8) is 0 Å². The van der Waals surface area contributed by atoms with Crippen LogP contribution in [-0.4, -0.2) is 42.6 Å². The number of hydrogen-bond donors (Lipinski definition) is 1. The lowest BCUT2D eigenvalue weighted by atomic mass is 9.85. The number of imide groups is 1. The minimum Gasteiger partial charge on any atom is -0.380 e. The maximum atomic E-state index is 12.2. The third-order valence-corrected chi connectivity index (χ3v) is 3.33. The fourth-order valence-electron chi connectivity index (χ4n) is 2.18. The Labute approximate surface area is 101 Å². The summed E-state index contributed by atoms with van der Waals surface area (Å²) in [6.45, 7) is 9.56. The van der Waals surface area contributed by atoms with Crippen molar-refractivity contribution in [2.45, 2.75) is 33.7 Å². The van der Waals surface area contributed by atoms with Gasteiger partial charge in [-0.2, -0.15) is 0 Å². The molecule has 0 aromatic rings. The molecular formula is C12H20N2O3. The summed E-state index contributed by atoms with van der Waals surface area (Å²) in [5.74, 6) is -0.115. The maximum absolute atomic E-state index is 12.2. The number of amides is 3. The smallest absolute Gasteiger partial charge is 0.324 e. The third kappa shape index (κ3) is 2.16. The van der Waals surface area contributed by atoms with Crippen LogP contribution in [0.3, 0.4) is 0 Å². The molecule has 2 fully saturated rings. The zero-order valence-corrected chi connectivity index (χ0v) is 10.9. The van der Waals surface area contributed by atoms with E-state index >= 15 is 0 Å². The van der Waals surface area contributed by atoms with E-state index in [9.17, 15) is 9.59 Å². The Hall–Kier alpha value is -1.10. The summed E-state index contributed by atoms with van der Waals surface area (Å²) in [5.41, 5.74) is -0.321. The minimum absolute atomic E-state index is 0.0697. The quantitative estimate of drug-likeness (QED) is 0.732. The van der Waals surface area contributed by atoms with Crippen molar-refractivity contribution >= 4 is 11.9 Å². The molecule has 0 saturated carbocycles. The van der Waals surface area contributed by atoms with Crippen molar-refractivity contribution in [2.24, 2.45) is 10.8 Å². The predicted octanol–water partition coefficient (Wildman–Crippen LogP) is 0.989. The molecule has 3 amide bonds. The highest BCUT2D eigenvalue weighted by atomic mass is 16.5. The zero-order chi connectivity index (χ0) is 12.8. The second-order valence-corrected chi connectivity index (χ2v) is 6.48. The number of nitrogens with zero attached hydrogens (tertiary/aromatic N) is 1. The van der Waals surface area contributed by atoms with E-state index in [1.807, 2.05) is 27.7 Å². The van der Waals surface area contributed by atoms with Gasteiger partial charge in [0.15, 0.2) is 0 Å². The highest BCUT2D eigenvalue weighted by Gasteiger charge is 2.47. The second kappa shape index (κ2) is 3.70. The first-order valence-electron chi connectivity index (χ1n) is 5.93. The molecule has 1 N–H and O–H groups in total. The summed E-state index contributed by atoms with van der Waals surface area (Å²) >= 11 is 0. The Morgan fingerprint density at radius 1 is 1.41 bits per heavy atom. The monoisotopic (exact) mass is 240 g/mol. The van der Waals surface area contributed by atoms with Crippen LogP contribution in [0.2, 0.25) is 0 Å². The van der Waals surface area contributed by atoms with Gasteiger partial charge in [0, 0.05) is 12.0 Å². The van der Waals surface area contributed by atoms with Gasteiger partial charge in [0.25, 0.3) is 5.91 Å². The van der Waals surface area contributed by atoms with Crippen molar-refractivity contribution in [3.8, 4) is 0 Å². The molecule has 5 heteroatoms. The summed E-state index contributed by atoms with van der Waals surface area (Å²) in [6, 6.07) is -0.692. The molecule has 0 aromatic carbocycles. The van der Waals surface area contributed by atoms with E-state index < -0.39 is 6.04 Å². The lowest BCUT2D eigenvalue weighted by molar-refractivity contribution is -0.139. The molecule has 2 rings (SSSR count). The van der Waals surface area contributed by atoms with Gasteiger partial charge in [-0.1, -0.05) is 27.7 Å². The van der Waals surface area contributed by atoms with Crippen LogP contribution in [0.25, 0.3) is 0 Å². The van der Waals surface area contributed by atoms with E-state index in [1.54, 1.807) is 0 Å². The van der Waals surface area contributed by atoms with Gasteiger partial charge in [0.2, 0.25) is 0 Å². The molecule has 5 nitrogen and oxygen atoms in total. The first-order valence-corrected chi connectivity index (χ1v) is 5.93. The molecule has 17 heavy (non-hydrogen) atoms. The summed E-state index contributed by atoms with van der Waals surface area (Å²) in [6.07, 6.45) is 0. The molecule has 2 aliphatic heterocycles. The molecule has 2 saturated heterocycles. The van der Waals surface area contributed by atoms with Gasteiger partial charge in [0.1, 0.15) is 6.04 Å². The fraction of sp³-hybridized carbons (Fsp3) is 0.833. The Bertz CT molecular complexity index is 355. The molecule has 96 valence electrons. The molecular weight excluding hydrogens is 220 g/mol. The van der Waals surface area contributed by atoms with Gasteiger partial charge >= 0.3 is 6.03 Å². The second-order valence-electron chi connectivity index (χ2n) is 6.48. The number of nitrogens with one attached hydrogen (secondary N) is 1. The lowest BCUT2D eigenvalue weighted by Crippen LogP contribution is -2.51. The SMILES string of the molecule is CC1(CN2C(=O)N[C@@H](C(C)(C)C)C2=O)COC1. The Morgan fingerprint density at radius 3 is 2.35 bits per heavy atom. The Balaban J connectivity index is 2.09. The standard InChI is InChI=1S/C12H20N2O3/c1-11(2,3)8-9(15)14(10(16)13-8)5-12(4)6-17-7-12/h8H,5-7H2,1-4H3,(H,13,16)/t8-/m1/s1. The Morgan fingerprint density at radius 2 is 2.00 bits per heavy atom. The molecule has 0 aliphatic carbocycles. The first kappa shape index (κ1) is 12.4. The maximum Gasteiger partial charge on any atom is 0.324 e. The molecule has 0 aromatic heterocycles. The highest BCUT2D eigenvalue weighted by molar-refractivity contribution is 6.04. The van der Waals surface area contributed by atoms with Gasteiger partial charge < -0.3 is 10.1 Å². The molecule has 0 bridgehead atoms. The topological polar surface area (TPSA) is 58.6 Å². The number of carbonyl (C=O) groups is 2. The van der Waals surface area contributed by atoms with E-state index in [-0.39, 0.29) is 22.8 Å². The zero-order valence-electron chi connectivity index (χ0n) is 10.9. The summed E-state index contributed by atoms with van der Waals surface area (Å²) in [7, 11) is 0. The van der Waals surface area contributed by atoms with Crippen molar-refractivity contribution in [2.75, 3.05) is 19.8 Å². The predicted molar refractivity (Wildman–Crippen MR) is 62.4 cm³/mol. The van der Waals surface area contributed by atoms with Crippen LogP contribution in [0.1, 0.15) is 27.7 Å². The van der Waals surface area contributed by atoms with E-state index in [0.717, 1.165) is 0 Å². The molecule has 2 heterocycles. The average Bonchev–Trinajstić information content (AvgIpc) is 2.42. The van der Waals surface area contributed by atoms with Crippen molar-refractivity contribution in [1.82, 2.24) is 10.2 Å². The number of ether oxygens (including phenoxy) is 1. The fourth-order valence-corrected chi connectivity index (χ4v) is 2.18. The minimum atomic E-state index is -0.417. The number of rotatable bonds is 2. The summed E-state index contributed by atoms with van der Waals surface area (Å²) in [4.78, 5) is 25.3. The van der Waals surface area contributed by atoms with E-state index in [4.69, 9.17) is 4.74 Å². The van der Waals surface area contributed by atoms with Crippen molar-refractivity contribution < 1.29 is 14.3 Å². The summed E-state index contributed by atoms with van der Waals surface area (Å²) < 4.78 is 5.14. The molecule has 0 spiro atoms. The molecule has 1 atom stereocenters. The van der Waals surface area contributed by atoms with Crippen molar-refractivity contribution in [1.29, 1.82) is 0 Å². The van der Waals surface area contributed by atoms with E-state index in [1.165, 1.54) is 4.90 Å². The average molecular weight is 240 g/mol. The summed E-state index contributed by atoms with van der Waals surface area (Å²) in [5, 5.41) is 2.76. The molecule has 0 radical (unpaired) electrons. The molecule has 0 unspecified atom stereocenters. The van der Waals surface area contributed by atoms with E-state index in [0.29, 0.717) is 19.8 Å². The first-order chi connectivity index (χ1) is 7.73. The van der Waals surface area contributed by atoms with Crippen LogP contribution < -0.4 is 5.32 Å². The third-order valence-electron chi connectivity index (χ3n) is 3.33. The van der Waals surface area contributed by atoms with Gasteiger partial charge in [0.05, 0.1) is 13.2 Å². The Kier molecular flexibility index (Phi) is 2.69. The van der Waals surface area contributed by atoms with Crippen LogP contribution in [0.4, 0.5) is 4.79 Å². The van der Waals surface area contributed by atoms with Gasteiger partial charge in [-0.15, -0.1) is 0 Å². The van der Waals surface area contributed by atoms with Crippen LogP contribution in [0.5, 0.6) is 0 Å². The lowest BCUT2D eigenvalue weighted by Gasteiger charge is -2.39. The van der Waals surface area contributed by atoms with Crippen LogP contribution in [0, 0.1) is 10.8 Å². The number of hydrogen-bond acceptors (Lipinski definition) is 3. The van der Waals surface area contributed by atoms with Gasteiger partial charge in [-0.05, 0) is 5.41 Å².